The van der Waals surface area contributed by atoms with Gasteiger partial charge in [-0.25, -0.2) is 0 Å². The van der Waals surface area contributed by atoms with Crippen molar-refractivity contribution in [3.8, 4) is 0 Å². The fourth-order valence-corrected chi connectivity index (χ4v) is 0.722. The third kappa shape index (κ3) is 1.93. The van der Waals surface area contributed by atoms with Gasteiger partial charge in [0.2, 0.25) is 0 Å². The highest BCUT2D eigenvalue weighted by Crippen LogP contribution is 2.01. The molecule has 0 unspecified atom stereocenters. The molecule has 1 rings (SSSR count). The number of rotatable bonds is 1. The third-order valence-electron chi connectivity index (χ3n) is 1.32. The molecule has 10 heavy (non-hydrogen) atoms. The van der Waals surface area contributed by atoms with E-state index in [0.29, 0.717) is 18.8 Å². The normalized spacial score (nSPS) is 19.5. The smallest absolute Gasteiger partial charge is 0.157 e. The standard InChI is InChI=1S/C7H10O3/c1-6(8)7-2-3-9-5-10-4-7/h2H,3-5H2,1H3. The van der Waals surface area contributed by atoms with Crippen molar-refractivity contribution in [2.45, 2.75) is 6.92 Å². The Morgan fingerprint density at radius 3 is 3.10 bits per heavy atom. The number of hydrogen-bond acceptors (Lipinski definition) is 3. The molecule has 0 aliphatic carbocycles. The molecule has 3 heteroatoms. The molecule has 1 aliphatic heterocycles. The van der Waals surface area contributed by atoms with Crippen LogP contribution in [0, 0.1) is 0 Å². The molecule has 0 aromatic carbocycles. The molecule has 3 nitrogen and oxygen atoms in total. The highest BCUT2D eigenvalue weighted by atomic mass is 16.7. The first-order valence-corrected chi connectivity index (χ1v) is 3.16. The summed E-state index contributed by atoms with van der Waals surface area (Å²) in [7, 11) is 0. The van der Waals surface area contributed by atoms with Gasteiger partial charge in [-0.2, -0.15) is 0 Å². The van der Waals surface area contributed by atoms with Gasteiger partial charge in [0, 0.05) is 5.57 Å². The van der Waals surface area contributed by atoms with Gasteiger partial charge in [0.1, 0.15) is 6.79 Å². The number of hydrogen-bond donors (Lipinski definition) is 0. The maximum Gasteiger partial charge on any atom is 0.157 e. The predicted molar refractivity (Wildman–Crippen MR) is 35.5 cm³/mol. The van der Waals surface area contributed by atoms with E-state index in [0.717, 1.165) is 0 Å². The summed E-state index contributed by atoms with van der Waals surface area (Å²) >= 11 is 0. The van der Waals surface area contributed by atoms with Crippen molar-refractivity contribution in [3.63, 3.8) is 0 Å². The first kappa shape index (κ1) is 7.44. The second-order valence-electron chi connectivity index (χ2n) is 2.12. The number of ether oxygens (including phenoxy) is 2. The Bertz CT molecular complexity index is 160. The van der Waals surface area contributed by atoms with Gasteiger partial charge in [-0.15, -0.1) is 0 Å². The largest absolute Gasteiger partial charge is 0.351 e. The molecule has 56 valence electrons. The van der Waals surface area contributed by atoms with Crippen LogP contribution < -0.4 is 0 Å². The van der Waals surface area contributed by atoms with E-state index in [1.54, 1.807) is 6.08 Å². The number of carbonyl (C=O) groups is 1. The molecule has 0 spiro atoms. The van der Waals surface area contributed by atoms with Gasteiger partial charge in [0.25, 0.3) is 0 Å². The van der Waals surface area contributed by atoms with Crippen molar-refractivity contribution in [2.24, 2.45) is 0 Å². The number of carbonyl (C=O) groups excluding carboxylic acids is 1. The van der Waals surface area contributed by atoms with Crippen LogP contribution in [0.2, 0.25) is 0 Å². The Labute approximate surface area is 59.6 Å². The lowest BCUT2D eigenvalue weighted by Gasteiger charge is -1.98. The quantitative estimate of drug-likeness (QED) is 0.535. The summed E-state index contributed by atoms with van der Waals surface area (Å²) in [5.41, 5.74) is 0.706. The Hall–Kier alpha value is -0.670. The molecule has 0 amide bonds. The average molecular weight is 142 g/mol. The number of Topliss-reactive ketones (excluding diaryl/α,β-unsaturated/α-hetero) is 1. The molecule has 0 radical (unpaired) electrons. The Morgan fingerprint density at radius 2 is 2.40 bits per heavy atom. The lowest BCUT2D eigenvalue weighted by Crippen LogP contribution is -2.03. The summed E-state index contributed by atoms with van der Waals surface area (Å²) in [5, 5.41) is 0. The maximum atomic E-state index is 10.7. The van der Waals surface area contributed by atoms with Crippen LogP contribution in [0.25, 0.3) is 0 Å². The van der Waals surface area contributed by atoms with Gasteiger partial charge in [0.15, 0.2) is 5.78 Å². The van der Waals surface area contributed by atoms with E-state index in [-0.39, 0.29) is 12.6 Å². The second kappa shape index (κ2) is 3.49. The molecule has 0 N–H and O–H groups in total. The van der Waals surface area contributed by atoms with Gasteiger partial charge in [-0.05, 0) is 13.0 Å². The van der Waals surface area contributed by atoms with Gasteiger partial charge < -0.3 is 9.47 Å². The Kier molecular flexibility index (Phi) is 2.59. The lowest BCUT2D eigenvalue weighted by atomic mass is 10.2. The lowest BCUT2D eigenvalue weighted by molar-refractivity contribution is -0.114. The zero-order valence-electron chi connectivity index (χ0n) is 5.92. The van der Waals surface area contributed by atoms with Gasteiger partial charge in [-0.1, -0.05) is 0 Å². The molecule has 0 fully saturated rings. The summed E-state index contributed by atoms with van der Waals surface area (Å²) in [6.07, 6.45) is 1.76. The van der Waals surface area contributed by atoms with Crippen LogP contribution in [0.15, 0.2) is 11.6 Å². The topological polar surface area (TPSA) is 35.5 Å². The Balaban J connectivity index is 2.54. The van der Waals surface area contributed by atoms with Gasteiger partial charge >= 0.3 is 0 Å². The zero-order valence-corrected chi connectivity index (χ0v) is 5.92. The average Bonchev–Trinajstić information content (AvgIpc) is 2.12. The summed E-state index contributed by atoms with van der Waals surface area (Å²) in [6.45, 7) is 2.68. The summed E-state index contributed by atoms with van der Waals surface area (Å²) in [4.78, 5) is 10.7. The van der Waals surface area contributed by atoms with E-state index >= 15 is 0 Å². The third-order valence-corrected chi connectivity index (χ3v) is 1.32. The molecule has 1 aliphatic rings. The molecule has 0 saturated heterocycles. The van der Waals surface area contributed by atoms with E-state index in [1.807, 2.05) is 0 Å². The fourth-order valence-electron chi connectivity index (χ4n) is 0.722. The van der Waals surface area contributed by atoms with E-state index in [2.05, 4.69) is 0 Å². The van der Waals surface area contributed by atoms with Crippen molar-refractivity contribution in [3.05, 3.63) is 11.6 Å². The van der Waals surface area contributed by atoms with Gasteiger partial charge in [0.05, 0.1) is 13.2 Å². The van der Waals surface area contributed by atoms with Crippen molar-refractivity contribution in [1.29, 1.82) is 0 Å². The van der Waals surface area contributed by atoms with Crippen LogP contribution in [0.1, 0.15) is 6.92 Å². The first-order chi connectivity index (χ1) is 4.80. The van der Waals surface area contributed by atoms with Crippen molar-refractivity contribution < 1.29 is 14.3 Å². The highest BCUT2D eigenvalue weighted by molar-refractivity contribution is 5.93. The molecule has 0 aromatic heterocycles. The molecule has 0 aromatic rings. The van der Waals surface area contributed by atoms with E-state index in [4.69, 9.17) is 9.47 Å². The number of ketones is 1. The van der Waals surface area contributed by atoms with Crippen LogP contribution in [-0.4, -0.2) is 25.8 Å². The molecular weight excluding hydrogens is 132 g/mol. The molecule has 0 saturated carbocycles. The molecular formula is C7H10O3. The van der Waals surface area contributed by atoms with Crippen LogP contribution >= 0.6 is 0 Å². The monoisotopic (exact) mass is 142 g/mol. The van der Waals surface area contributed by atoms with E-state index in [1.165, 1.54) is 6.92 Å². The first-order valence-electron chi connectivity index (χ1n) is 3.16. The predicted octanol–water partition coefficient (Wildman–Crippen LogP) is 0.506. The SMILES string of the molecule is CC(=O)C1=CCOCOC1. The molecule has 0 bridgehead atoms. The van der Waals surface area contributed by atoms with Gasteiger partial charge in [-0.3, -0.25) is 4.79 Å². The minimum Gasteiger partial charge on any atom is -0.351 e. The van der Waals surface area contributed by atoms with Crippen LogP contribution in [0.4, 0.5) is 0 Å². The maximum absolute atomic E-state index is 10.7. The van der Waals surface area contributed by atoms with Crippen LogP contribution in [-0.2, 0) is 14.3 Å². The summed E-state index contributed by atoms with van der Waals surface area (Å²) < 4.78 is 9.88. The highest BCUT2D eigenvalue weighted by Gasteiger charge is 2.05. The van der Waals surface area contributed by atoms with E-state index < -0.39 is 0 Å². The summed E-state index contributed by atoms with van der Waals surface area (Å²) in [5.74, 6) is 0.0606. The minimum absolute atomic E-state index is 0.0606. The van der Waals surface area contributed by atoms with Crippen molar-refractivity contribution in [1.82, 2.24) is 0 Å². The molecule has 0 atom stereocenters. The Morgan fingerprint density at radius 1 is 1.60 bits per heavy atom. The van der Waals surface area contributed by atoms with Crippen LogP contribution in [0.3, 0.4) is 0 Å². The fraction of sp³-hybridized carbons (Fsp3) is 0.571. The van der Waals surface area contributed by atoms with Crippen LogP contribution in [0.5, 0.6) is 0 Å². The molecule has 1 heterocycles. The van der Waals surface area contributed by atoms with E-state index in [9.17, 15) is 4.79 Å². The summed E-state index contributed by atoms with van der Waals surface area (Å²) in [6, 6.07) is 0. The van der Waals surface area contributed by atoms with Crippen molar-refractivity contribution in [2.75, 3.05) is 20.0 Å². The zero-order chi connectivity index (χ0) is 7.40. The minimum atomic E-state index is 0.0606. The second-order valence-corrected chi connectivity index (χ2v) is 2.12. The van der Waals surface area contributed by atoms with Crippen molar-refractivity contribution >= 4 is 5.78 Å².